The molecule has 0 fully saturated rings. The van der Waals surface area contributed by atoms with Gasteiger partial charge in [-0.2, -0.15) is 0 Å². The van der Waals surface area contributed by atoms with Gasteiger partial charge in [0.05, 0.1) is 22.1 Å². The lowest BCUT2D eigenvalue weighted by Crippen LogP contribution is -2.33. The van der Waals surface area contributed by atoms with Crippen LogP contribution < -0.4 is 0 Å². The number of rotatable bonds is 3. The number of nitrogens with zero attached hydrogens (tertiary/aromatic N) is 2. The smallest absolute Gasteiger partial charge is 0.0562 e. The van der Waals surface area contributed by atoms with Gasteiger partial charge in [0.25, 0.3) is 0 Å². The van der Waals surface area contributed by atoms with E-state index in [4.69, 9.17) is 0 Å². The third kappa shape index (κ3) is 4.70. The van der Waals surface area contributed by atoms with Gasteiger partial charge in [0.1, 0.15) is 0 Å². The molecule has 0 radical (unpaired) electrons. The number of hydrogen-bond acceptors (Lipinski definition) is 1. The molecule has 0 aliphatic heterocycles. The van der Waals surface area contributed by atoms with E-state index in [0.717, 1.165) is 0 Å². The van der Waals surface area contributed by atoms with Gasteiger partial charge in [0, 0.05) is 53.1 Å². The molecule has 57 heavy (non-hydrogen) atoms. The SMILES string of the molecule is CC1(C)CCC(C)(C)c2cc3c(cc21)c1cc2c4c5ccccc5ccc4n(-c4ccc(-c5cccc6c5sc5ccccc56)cc4)c2cc1n3-c1ccccc1. The molecule has 3 heterocycles. The molecule has 1 aliphatic carbocycles. The van der Waals surface area contributed by atoms with E-state index in [1.807, 2.05) is 11.3 Å². The van der Waals surface area contributed by atoms with Crippen molar-refractivity contribution in [3.05, 3.63) is 169 Å². The fraction of sp³-hybridized carbons (Fsp3) is 0.148. The third-order valence-electron chi connectivity index (χ3n) is 13.4. The second-order valence-corrected chi connectivity index (χ2v) is 18.6. The lowest BCUT2D eigenvalue weighted by Gasteiger charge is -2.42. The van der Waals surface area contributed by atoms with Crippen LogP contribution >= 0.6 is 11.3 Å². The van der Waals surface area contributed by atoms with E-state index in [1.54, 1.807) is 0 Å². The highest BCUT2D eigenvalue weighted by molar-refractivity contribution is 7.26. The highest BCUT2D eigenvalue weighted by atomic mass is 32.1. The van der Waals surface area contributed by atoms with Crippen LogP contribution in [0.1, 0.15) is 51.7 Å². The van der Waals surface area contributed by atoms with Crippen LogP contribution in [0.3, 0.4) is 0 Å². The molecule has 0 bridgehead atoms. The van der Waals surface area contributed by atoms with E-state index in [2.05, 4.69) is 195 Å². The molecule has 0 saturated carbocycles. The quantitative estimate of drug-likeness (QED) is 0.170. The lowest BCUT2D eigenvalue weighted by atomic mass is 9.63. The first-order valence-electron chi connectivity index (χ1n) is 20.3. The minimum absolute atomic E-state index is 0.113. The van der Waals surface area contributed by atoms with Crippen molar-refractivity contribution in [2.45, 2.75) is 51.4 Å². The molecule has 11 aromatic rings. The van der Waals surface area contributed by atoms with Crippen molar-refractivity contribution in [1.29, 1.82) is 0 Å². The second-order valence-electron chi connectivity index (χ2n) is 17.6. The van der Waals surface area contributed by atoms with Crippen LogP contribution in [0, 0.1) is 0 Å². The van der Waals surface area contributed by atoms with Gasteiger partial charge in [0.2, 0.25) is 0 Å². The normalized spacial score (nSPS) is 15.2. The van der Waals surface area contributed by atoms with Gasteiger partial charge in [-0.25, -0.2) is 0 Å². The second kappa shape index (κ2) is 11.7. The maximum Gasteiger partial charge on any atom is 0.0562 e. The highest BCUT2D eigenvalue weighted by Gasteiger charge is 2.38. The molecule has 1 aliphatic rings. The van der Waals surface area contributed by atoms with Crippen LogP contribution in [0.2, 0.25) is 0 Å². The molecule has 0 amide bonds. The number of thiophene rings is 1. The minimum Gasteiger partial charge on any atom is -0.309 e. The maximum absolute atomic E-state index is 2.56. The van der Waals surface area contributed by atoms with Crippen LogP contribution in [0.25, 0.3) is 97.1 Å². The van der Waals surface area contributed by atoms with Gasteiger partial charge in [-0.15, -0.1) is 11.3 Å². The largest absolute Gasteiger partial charge is 0.309 e. The van der Waals surface area contributed by atoms with Gasteiger partial charge in [-0.05, 0) is 117 Å². The Morgan fingerprint density at radius 1 is 0.439 bits per heavy atom. The van der Waals surface area contributed by atoms with Gasteiger partial charge in [0.15, 0.2) is 0 Å². The molecule has 274 valence electrons. The monoisotopic (exact) mass is 750 g/mol. The average Bonchev–Trinajstić information content (AvgIpc) is 3.89. The van der Waals surface area contributed by atoms with Gasteiger partial charge >= 0.3 is 0 Å². The molecule has 3 aromatic heterocycles. The van der Waals surface area contributed by atoms with Crippen molar-refractivity contribution in [2.24, 2.45) is 0 Å². The maximum atomic E-state index is 2.56. The first-order valence-corrected chi connectivity index (χ1v) is 21.1. The van der Waals surface area contributed by atoms with Crippen LogP contribution in [-0.4, -0.2) is 9.13 Å². The van der Waals surface area contributed by atoms with Crippen molar-refractivity contribution in [3.8, 4) is 22.5 Å². The molecule has 8 aromatic carbocycles. The summed E-state index contributed by atoms with van der Waals surface area (Å²) < 4.78 is 7.71. The van der Waals surface area contributed by atoms with E-state index in [1.165, 1.54) is 121 Å². The van der Waals surface area contributed by atoms with Crippen molar-refractivity contribution in [2.75, 3.05) is 0 Å². The van der Waals surface area contributed by atoms with Gasteiger partial charge < -0.3 is 9.13 Å². The van der Waals surface area contributed by atoms with Crippen LogP contribution in [0.4, 0.5) is 0 Å². The molecule has 0 N–H and O–H groups in total. The Hall–Kier alpha value is -6.16. The minimum atomic E-state index is 0.113. The zero-order valence-electron chi connectivity index (χ0n) is 32.7. The Morgan fingerprint density at radius 2 is 1.05 bits per heavy atom. The van der Waals surface area contributed by atoms with E-state index in [0.29, 0.717) is 0 Å². The van der Waals surface area contributed by atoms with Crippen LogP contribution in [-0.2, 0) is 10.8 Å². The number of para-hydroxylation sites is 1. The van der Waals surface area contributed by atoms with Gasteiger partial charge in [-0.3, -0.25) is 0 Å². The van der Waals surface area contributed by atoms with Crippen molar-refractivity contribution >= 4 is 85.9 Å². The molecule has 2 nitrogen and oxygen atoms in total. The zero-order chi connectivity index (χ0) is 38.2. The first-order chi connectivity index (χ1) is 27.7. The summed E-state index contributed by atoms with van der Waals surface area (Å²) in [7, 11) is 0. The highest BCUT2D eigenvalue weighted by Crippen LogP contribution is 2.50. The molecule has 0 saturated heterocycles. The summed E-state index contributed by atoms with van der Waals surface area (Å²) in [5.74, 6) is 0. The summed E-state index contributed by atoms with van der Waals surface area (Å²) in [5, 5.41) is 10.5. The van der Waals surface area contributed by atoms with Crippen molar-refractivity contribution in [1.82, 2.24) is 9.13 Å². The summed E-state index contributed by atoms with van der Waals surface area (Å²) in [6.45, 7) is 9.75. The summed E-state index contributed by atoms with van der Waals surface area (Å²) in [6, 6.07) is 59.4. The molecule has 0 unspecified atom stereocenters. The number of fused-ring (bicyclic) bond motifs is 12. The lowest BCUT2D eigenvalue weighted by molar-refractivity contribution is 0.332. The fourth-order valence-corrected chi connectivity index (χ4v) is 11.5. The molecule has 3 heteroatoms. The molecular weight excluding hydrogens is 709 g/mol. The Balaban J connectivity index is 1.16. The van der Waals surface area contributed by atoms with Crippen LogP contribution in [0.5, 0.6) is 0 Å². The van der Waals surface area contributed by atoms with Crippen molar-refractivity contribution in [3.63, 3.8) is 0 Å². The van der Waals surface area contributed by atoms with Crippen molar-refractivity contribution < 1.29 is 0 Å². The average molecular weight is 751 g/mol. The Morgan fingerprint density at radius 3 is 1.86 bits per heavy atom. The van der Waals surface area contributed by atoms with E-state index < -0.39 is 0 Å². The molecule has 12 rings (SSSR count). The molecule has 0 spiro atoms. The summed E-state index contributed by atoms with van der Waals surface area (Å²) >= 11 is 1.89. The van der Waals surface area contributed by atoms with E-state index in [-0.39, 0.29) is 10.8 Å². The standard InChI is InChI=1S/C54H42N2S/c1-53(2)27-28-54(3,4)45-31-47-42(30-44(45)53)41-29-43-49(32-48(41)56(47)35-14-6-5-7-15-35)55(46-26-23-33-13-8-9-16-37(33)51(43)46)36-24-21-34(22-25-36)38-18-12-19-40-39-17-10-11-20-50(39)57-52(38)40/h5-26,29-32H,27-28H2,1-4H3. The number of aromatic nitrogens is 2. The first kappa shape index (κ1) is 33.0. The van der Waals surface area contributed by atoms with Crippen LogP contribution in [0.15, 0.2) is 158 Å². The predicted molar refractivity (Wildman–Crippen MR) is 246 cm³/mol. The van der Waals surface area contributed by atoms with E-state index in [9.17, 15) is 0 Å². The predicted octanol–water partition coefficient (Wildman–Crippen LogP) is 15.4. The molecule has 0 atom stereocenters. The van der Waals surface area contributed by atoms with E-state index >= 15 is 0 Å². The zero-order valence-corrected chi connectivity index (χ0v) is 33.5. The Bertz CT molecular complexity index is 3440. The van der Waals surface area contributed by atoms with Gasteiger partial charge in [-0.1, -0.05) is 125 Å². The Kier molecular flexibility index (Phi) is 6.77. The summed E-state index contributed by atoms with van der Waals surface area (Å²) in [4.78, 5) is 0. The number of benzene rings is 8. The molecular formula is C54H42N2S. The number of hydrogen-bond donors (Lipinski definition) is 0. The summed E-state index contributed by atoms with van der Waals surface area (Å²) in [6.07, 6.45) is 2.38. The third-order valence-corrected chi connectivity index (χ3v) is 14.6. The summed E-state index contributed by atoms with van der Waals surface area (Å²) in [5.41, 5.74) is 13.1. The Labute approximate surface area is 336 Å². The topological polar surface area (TPSA) is 9.86 Å². The fourth-order valence-electron chi connectivity index (χ4n) is 10.3.